The summed E-state index contributed by atoms with van der Waals surface area (Å²) in [7, 11) is -1.84. The summed E-state index contributed by atoms with van der Waals surface area (Å²) >= 11 is 0. The van der Waals surface area contributed by atoms with Gasteiger partial charge in [-0.05, 0) is 46.8 Å². The molecule has 1 atom stereocenters. The molecule has 1 N–H and O–H groups in total. The summed E-state index contributed by atoms with van der Waals surface area (Å²) in [6, 6.07) is 13.1. The third-order valence-corrected chi connectivity index (χ3v) is 7.22. The van der Waals surface area contributed by atoms with Crippen LogP contribution in [0.1, 0.15) is 22.7 Å². The van der Waals surface area contributed by atoms with E-state index in [1.807, 2.05) is 30.4 Å². The molecule has 1 aliphatic heterocycles. The quantitative estimate of drug-likeness (QED) is 0.445. The Kier molecular flexibility index (Phi) is 6.00. The van der Waals surface area contributed by atoms with Crippen LogP contribution >= 0.6 is 0 Å². The van der Waals surface area contributed by atoms with Gasteiger partial charge in [0.25, 0.3) is 0 Å². The van der Waals surface area contributed by atoms with E-state index in [4.69, 9.17) is 0 Å². The largest absolute Gasteiger partial charge is 0.299 e. The van der Waals surface area contributed by atoms with Crippen molar-refractivity contribution in [3.05, 3.63) is 93.8 Å². The van der Waals surface area contributed by atoms with Crippen molar-refractivity contribution in [2.24, 2.45) is 5.10 Å². The van der Waals surface area contributed by atoms with Crippen LogP contribution in [0.25, 0.3) is 21.7 Å². The first-order chi connectivity index (χ1) is 16.8. The normalized spacial score (nSPS) is 15.8. The topological polar surface area (TPSA) is 105 Å². The summed E-state index contributed by atoms with van der Waals surface area (Å²) < 4.78 is 40.7. The van der Waals surface area contributed by atoms with Gasteiger partial charge in [-0.25, -0.2) is 17.5 Å². The highest BCUT2D eigenvalue weighted by Gasteiger charge is 2.18. The molecular formula is C25H22FN5O3S. The molecule has 178 valence electrons. The summed E-state index contributed by atoms with van der Waals surface area (Å²) in [6.45, 7) is 0.653. The van der Waals surface area contributed by atoms with E-state index in [0.29, 0.717) is 39.5 Å². The van der Waals surface area contributed by atoms with Crippen molar-refractivity contribution in [1.82, 2.24) is 19.7 Å². The Bertz CT molecular complexity index is 1620. The van der Waals surface area contributed by atoms with E-state index in [2.05, 4.69) is 19.8 Å². The fraction of sp³-hybridized carbons (Fsp3) is 0.200. The van der Waals surface area contributed by atoms with Gasteiger partial charge in [0.2, 0.25) is 10.0 Å². The van der Waals surface area contributed by atoms with Crippen molar-refractivity contribution < 1.29 is 12.8 Å². The van der Waals surface area contributed by atoms with E-state index in [9.17, 15) is 17.6 Å². The lowest BCUT2D eigenvalue weighted by atomic mass is 10.0. The first-order valence-electron chi connectivity index (χ1n) is 11.0. The second kappa shape index (κ2) is 9.12. The lowest BCUT2D eigenvalue weighted by Gasteiger charge is -2.10. The number of fused-ring (bicyclic) bond motifs is 2. The Morgan fingerprint density at radius 1 is 1.06 bits per heavy atom. The summed E-state index contributed by atoms with van der Waals surface area (Å²) in [6.07, 6.45) is 4.64. The Morgan fingerprint density at radius 2 is 1.89 bits per heavy atom. The predicted molar refractivity (Wildman–Crippen MR) is 133 cm³/mol. The summed E-state index contributed by atoms with van der Waals surface area (Å²) in [5.41, 5.74) is 2.14. The van der Waals surface area contributed by atoms with Crippen molar-refractivity contribution in [3.63, 3.8) is 0 Å². The molecule has 4 aromatic rings. The van der Waals surface area contributed by atoms with Crippen LogP contribution in [0.5, 0.6) is 0 Å². The van der Waals surface area contributed by atoms with Gasteiger partial charge in [-0.2, -0.15) is 5.10 Å². The van der Waals surface area contributed by atoms with Crippen LogP contribution in [0.3, 0.4) is 0 Å². The average molecular weight is 492 g/mol. The van der Waals surface area contributed by atoms with Crippen molar-refractivity contribution in [2.75, 3.05) is 13.6 Å². The van der Waals surface area contributed by atoms with Gasteiger partial charge in [-0.3, -0.25) is 19.8 Å². The zero-order chi connectivity index (χ0) is 24.6. The lowest BCUT2D eigenvalue weighted by Crippen LogP contribution is -2.25. The Labute approximate surface area is 201 Å². The molecule has 8 nitrogen and oxygen atoms in total. The van der Waals surface area contributed by atoms with Crippen molar-refractivity contribution >= 4 is 37.9 Å². The number of rotatable bonds is 6. The number of pyridine rings is 2. The molecule has 10 heteroatoms. The second-order valence-electron chi connectivity index (χ2n) is 8.54. The Balaban J connectivity index is 1.46. The highest BCUT2D eigenvalue weighted by Crippen LogP contribution is 2.23. The molecule has 0 bridgehead atoms. The van der Waals surface area contributed by atoms with Crippen LogP contribution in [0.4, 0.5) is 4.39 Å². The lowest BCUT2D eigenvalue weighted by molar-refractivity contribution is 0.381. The number of aromatic nitrogens is 2. The minimum atomic E-state index is -3.72. The van der Waals surface area contributed by atoms with Gasteiger partial charge >= 0.3 is 0 Å². The third kappa shape index (κ3) is 5.03. The molecule has 2 aromatic carbocycles. The van der Waals surface area contributed by atoms with Crippen LogP contribution in [0.2, 0.25) is 0 Å². The number of hydrogen-bond acceptors (Lipinski definition) is 7. The SMILES string of the molecule is CN1CC(c2cnc3ccc4ccc(CS(=O)(=O)NCc5ccc(F)cn5)cc4c(=O)c3c2)C=N1. The maximum Gasteiger partial charge on any atom is 0.216 e. The zero-order valence-corrected chi connectivity index (χ0v) is 19.7. The number of nitrogens with one attached hydrogen (secondary N) is 1. The minimum Gasteiger partial charge on any atom is -0.299 e. The zero-order valence-electron chi connectivity index (χ0n) is 18.8. The molecule has 0 saturated heterocycles. The molecule has 0 aliphatic carbocycles. The molecule has 0 saturated carbocycles. The fourth-order valence-electron chi connectivity index (χ4n) is 4.09. The molecule has 3 heterocycles. The predicted octanol–water partition coefficient (Wildman–Crippen LogP) is 2.92. The second-order valence-corrected chi connectivity index (χ2v) is 10.4. The van der Waals surface area contributed by atoms with E-state index < -0.39 is 15.8 Å². The number of sulfonamides is 1. The number of hydrazone groups is 1. The van der Waals surface area contributed by atoms with Gasteiger partial charge in [0.05, 0.1) is 29.7 Å². The van der Waals surface area contributed by atoms with E-state index in [1.165, 1.54) is 12.1 Å². The molecule has 2 aromatic heterocycles. The molecule has 0 spiro atoms. The highest BCUT2D eigenvalue weighted by molar-refractivity contribution is 7.88. The molecule has 1 aliphatic rings. The summed E-state index contributed by atoms with van der Waals surface area (Å²) in [4.78, 5) is 21.8. The fourth-order valence-corrected chi connectivity index (χ4v) is 5.18. The average Bonchev–Trinajstić information content (AvgIpc) is 3.23. The summed E-state index contributed by atoms with van der Waals surface area (Å²) in [5, 5.41) is 7.68. The molecular weight excluding hydrogens is 469 g/mol. The smallest absolute Gasteiger partial charge is 0.216 e. The van der Waals surface area contributed by atoms with E-state index in [0.717, 1.165) is 11.8 Å². The highest BCUT2D eigenvalue weighted by atomic mass is 32.2. The van der Waals surface area contributed by atoms with Gasteiger partial charge in [0.15, 0.2) is 5.43 Å². The molecule has 0 amide bonds. The molecule has 35 heavy (non-hydrogen) atoms. The van der Waals surface area contributed by atoms with Crippen molar-refractivity contribution in [3.8, 4) is 0 Å². The molecule has 0 fully saturated rings. The number of hydrogen-bond donors (Lipinski definition) is 1. The maximum absolute atomic E-state index is 13.5. The minimum absolute atomic E-state index is 0.0513. The van der Waals surface area contributed by atoms with Crippen molar-refractivity contribution in [2.45, 2.75) is 18.2 Å². The summed E-state index contributed by atoms with van der Waals surface area (Å²) in [5.74, 6) is -0.752. The number of halogens is 1. The third-order valence-electron chi connectivity index (χ3n) is 5.92. The number of benzene rings is 1. The van der Waals surface area contributed by atoms with Crippen LogP contribution in [-0.2, 0) is 22.3 Å². The molecule has 0 radical (unpaired) electrons. The van der Waals surface area contributed by atoms with Crippen LogP contribution in [0.15, 0.2) is 70.8 Å². The Morgan fingerprint density at radius 3 is 2.63 bits per heavy atom. The maximum atomic E-state index is 13.5. The van der Waals surface area contributed by atoms with Gasteiger partial charge in [0, 0.05) is 42.7 Å². The molecule has 5 rings (SSSR count). The first-order valence-corrected chi connectivity index (χ1v) is 12.6. The van der Waals surface area contributed by atoms with Gasteiger partial charge in [0.1, 0.15) is 5.82 Å². The van der Waals surface area contributed by atoms with Crippen LogP contribution in [0, 0.1) is 5.82 Å². The van der Waals surface area contributed by atoms with E-state index >= 15 is 0 Å². The molecule has 1 unspecified atom stereocenters. The van der Waals surface area contributed by atoms with Crippen LogP contribution in [-0.4, -0.2) is 43.2 Å². The van der Waals surface area contributed by atoms with Crippen molar-refractivity contribution in [1.29, 1.82) is 0 Å². The van der Waals surface area contributed by atoms with Gasteiger partial charge in [-0.1, -0.05) is 18.2 Å². The van der Waals surface area contributed by atoms with Gasteiger partial charge < -0.3 is 0 Å². The monoisotopic (exact) mass is 491 g/mol. The van der Waals surface area contributed by atoms with E-state index in [-0.39, 0.29) is 23.6 Å². The standard InChI is InChI=1S/C25H22FN5O3S/c1-31-14-19(11-29-31)18-9-23-24(28-10-18)7-4-17-3-2-16(8-22(17)25(23)32)15-35(33,34)30-13-21-6-5-20(26)12-27-21/h2-12,19,30H,13-15H2,1H3. The van der Waals surface area contributed by atoms with E-state index in [1.54, 1.807) is 30.5 Å². The number of nitrogens with zero attached hydrogens (tertiary/aromatic N) is 4. The Hall–Kier alpha value is -3.76. The number of likely N-dealkylation sites (N-methyl/N-ethyl adjacent to an activating group) is 1. The first kappa shape index (κ1) is 23.0. The van der Waals surface area contributed by atoms with Gasteiger partial charge in [-0.15, -0.1) is 0 Å². The van der Waals surface area contributed by atoms with Crippen LogP contribution < -0.4 is 10.2 Å².